The molecule has 0 aliphatic heterocycles. The normalized spacial score (nSPS) is 11.2. The van der Waals surface area contributed by atoms with Crippen molar-refractivity contribution in [2.24, 2.45) is 0 Å². The first-order valence-electron chi connectivity index (χ1n) is 6.97. The Labute approximate surface area is 119 Å². The summed E-state index contributed by atoms with van der Waals surface area (Å²) in [5.41, 5.74) is -0.310. The molecule has 0 aliphatic carbocycles. The van der Waals surface area contributed by atoms with Crippen molar-refractivity contribution < 1.29 is 14.6 Å². The molecule has 112 valence electrons. The molecular weight excluding hydrogens is 258 g/mol. The number of carbonyl (C=O) groups is 1. The molecule has 1 aromatic heterocycles. The highest BCUT2D eigenvalue weighted by molar-refractivity contribution is 5.82. The molecule has 1 rings (SSSR count). The lowest BCUT2D eigenvalue weighted by Gasteiger charge is -2.28. The van der Waals surface area contributed by atoms with Crippen LogP contribution in [-0.4, -0.2) is 33.2 Å². The highest BCUT2D eigenvalue weighted by Gasteiger charge is 2.35. The molecule has 0 saturated heterocycles. The van der Waals surface area contributed by atoms with Gasteiger partial charge in [0.1, 0.15) is 5.54 Å². The van der Waals surface area contributed by atoms with Gasteiger partial charge in [-0.1, -0.05) is 20.8 Å². The topological polar surface area (TPSA) is 84.3 Å². The van der Waals surface area contributed by atoms with Crippen molar-refractivity contribution in [3.8, 4) is 5.88 Å². The van der Waals surface area contributed by atoms with Gasteiger partial charge in [-0.25, -0.2) is 9.78 Å². The predicted molar refractivity (Wildman–Crippen MR) is 77.1 cm³/mol. The first-order valence-corrected chi connectivity index (χ1v) is 6.97. The number of aliphatic carboxylic acids is 1. The lowest BCUT2D eigenvalue weighted by atomic mass is 9.93. The molecular formula is C14H23N3O3. The molecule has 6 nitrogen and oxygen atoms in total. The second-order valence-electron chi connectivity index (χ2n) is 4.74. The average molecular weight is 281 g/mol. The van der Waals surface area contributed by atoms with E-state index in [-0.39, 0.29) is 0 Å². The second-order valence-corrected chi connectivity index (χ2v) is 4.74. The van der Waals surface area contributed by atoms with Gasteiger partial charge in [0, 0.05) is 11.8 Å². The van der Waals surface area contributed by atoms with Crippen LogP contribution in [0.1, 0.15) is 45.7 Å². The number of aryl methyl sites for hydroxylation is 1. The van der Waals surface area contributed by atoms with Crippen LogP contribution < -0.4 is 10.1 Å². The van der Waals surface area contributed by atoms with Gasteiger partial charge in [0.25, 0.3) is 0 Å². The number of anilines is 1. The number of hydrogen-bond donors (Lipinski definition) is 2. The first kappa shape index (κ1) is 16.2. The third-order valence-corrected chi connectivity index (χ3v) is 3.25. The van der Waals surface area contributed by atoms with Crippen molar-refractivity contribution in [2.75, 3.05) is 11.9 Å². The Balaban J connectivity index is 3.00. The third kappa shape index (κ3) is 3.82. The Morgan fingerprint density at radius 3 is 2.50 bits per heavy atom. The number of aromatic nitrogens is 2. The van der Waals surface area contributed by atoms with E-state index in [1.807, 2.05) is 27.7 Å². The standard InChI is InChI=1S/C14H23N3O3/c1-5-8-20-11-9-10(4)15-13(16-11)17-14(6-2,7-3)12(18)19/h9H,5-8H2,1-4H3,(H,18,19)(H,15,16,17). The molecule has 0 saturated carbocycles. The van der Waals surface area contributed by atoms with E-state index < -0.39 is 11.5 Å². The van der Waals surface area contributed by atoms with Gasteiger partial charge in [0.2, 0.25) is 11.8 Å². The van der Waals surface area contributed by atoms with Gasteiger partial charge in [-0.15, -0.1) is 0 Å². The summed E-state index contributed by atoms with van der Waals surface area (Å²) in [4.78, 5) is 19.9. The number of rotatable bonds is 8. The van der Waals surface area contributed by atoms with E-state index in [1.165, 1.54) is 0 Å². The van der Waals surface area contributed by atoms with Gasteiger partial charge in [-0.05, 0) is 26.2 Å². The van der Waals surface area contributed by atoms with Gasteiger partial charge >= 0.3 is 5.97 Å². The molecule has 0 radical (unpaired) electrons. The quantitative estimate of drug-likeness (QED) is 0.762. The molecule has 0 spiro atoms. The summed E-state index contributed by atoms with van der Waals surface area (Å²) in [7, 11) is 0. The van der Waals surface area contributed by atoms with Crippen molar-refractivity contribution in [3.63, 3.8) is 0 Å². The molecule has 0 unspecified atom stereocenters. The van der Waals surface area contributed by atoms with Crippen molar-refractivity contribution in [1.82, 2.24) is 9.97 Å². The number of ether oxygens (including phenoxy) is 1. The van der Waals surface area contributed by atoms with E-state index in [4.69, 9.17) is 4.74 Å². The SMILES string of the molecule is CCCOc1cc(C)nc(NC(CC)(CC)C(=O)O)n1. The number of nitrogens with zero attached hydrogens (tertiary/aromatic N) is 2. The van der Waals surface area contributed by atoms with Crippen LogP contribution in [0, 0.1) is 6.92 Å². The average Bonchev–Trinajstić information content (AvgIpc) is 2.41. The molecule has 1 heterocycles. The number of nitrogens with one attached hydrogen (secondary N) is 1. The highest BCUT2D eigenvalue weighted by atomic mass is 16.5. The molecule has 0 aromatic carbocycles. The molecule has 0 amide bonds. The second kappa shape index (κ2) is 7.07. The van der Waals surface area contributed by atoms with Gasteiger partial charge in [-0.3, -0.25) is 0 Å². The Bertz CT molecular complexity index is 459. The lowest BCUT2D eigenvalue weighted by molar-refractivity contribution is -0.142. The number of carboxylic acids is 1. The summed E-state index contributed by atoms with van der Waals surface area (Å²) in [6.07, 6.45) is 1.78. The molecule has 2 N–H and O–H groups in total. The van der Waals surface area contributed by atoms with Crippen molar-refractivity contribution in [3.05, 3.63) is 11.8 Å². The largest absolute Gasteiger partial charge is 0.480 e. The molecule has 1 aromatic rings. The van der Waals surface area contributed by atoms with Crippen molar-refractivity contribution in [2.45, 2.75) is 52.5 Å². The molecule has 20 heavy (non-hydrogen) atoms. The van der Waals surface area contributed by atoms with E-state index in [9.17, 15) is 9.90 Å². The summed E-state index contributed by atoms with van der Waals surface area (Å²) >= 11 is 0. The monoisotopic (exact) mass is 281 g/mol. The summed E-state index contributed by atoms with van der Waals surface area (Å²) in [6, 6.07) is 1.74. The molecule has 0 aliphatic rings. The number of hydrogen-bond acceptors (Lipinski definition) is 5. The lowest BCUT2D eigenvalue weighted by Crippen LogP contribution is -2.45. The fourth-order valence-corrected chi connectivity index (χ4v) is 1.87. The maximum absolute atomic E-state index is 11.5. The van der Waals surface area contributed by atoms with Crippen LogP contribution in [0.5, 0.6) is 5.88 Å². The zero-order valence-corrected chi connectivity index (χ0v) is 12.6. The fraction of sp³-hybridized carbons (Fsp3) is 0.643. The van der Waals surface area contributed by atoms with Gasteiger partial charge in [-0.2, -0.15) is 4.98 Å². The van der Waals surface area contributed by atoms with Crippen molar-refractivity contribution in [1.29, 1.82) is 0 Å². The predicted octanol–water partition coefficient (Wildman–Crippen LogP) is 2.63. The highest BCUT2D eigenvalue weighted by Crippen LogP contribution is 2.22. The summed E-state index contributed by atoms with van der Waals surface area (Å²) < 4.78 is 5.48. The van der Waals surface area contributed by atoms with Gasteiger partial charge < -0.3 is 15.2 Å². The molecule has 0 bridgehead atoms. The van der Waals surface area contributed by atoms with Crippen LogP contribution in [0.15, 0.2) is 6.07 Å². The Hall–Kier alpha value is -1.85. The number of carboxylic acid groups (broad SMARTS) is 1. The van der Waals surface area contributed by atoms with Gasteiger partial charge in [0.05, 0.1) is 6.61 Å². The van der Waals surface area contributed by atoms with Crippen LogP contribution in [0.25, 0.3) is 0 Å². The van der Waals surface area contributed by atoms with E-state index in [0.717, 1.165) is 12.1 Å². The van der Waals surface area contributed by atoms with E-state index in [2.05, 4.69) is 15.3 Å². The smallest absolute Gasteiger partial charge is 0.329 e. The van der Waals surface area contributed by atoms with Gasteiger partial charge in [0.15, 0.2) is 0 Å². The zero-order valence-electron chi connectivity index (χ0n) is 12.6. The minimum Gasteiger partial charge on any atom is -0.480 e. The third-order valence-electron chi connectivity index (χ3n) is 3.25. The van der Waals surface area contributed by atoms with Crippen molar-refractivity contribution >= 4 is 11.9 Å². The molecule has 0 fully saturated rings. The van der Waals surface area contributed by atoms with E-state index in [1.54, 1.807) is 6.07 Å². The summed E-state index contributed by atoms with van der Waals surface area (Å²) in [5, 5.41) is 12.4. The van der Waals surface area contributed by atoms with Crippen LogP contribution in [0.2, 0.25) is 0 Å². The Kier molecular flexibility index (Phi) is 5.73. The molecule has 0 atom stereocenters. The van der Waals surface area contributed by atoms with Crippen LogP contribution in [-0.2, 0) is 4.79 Å². The van der Waals surface area contributed by atoms with Crippen LogP contribution in [0.3, 0.4) is 0 Å². The minimum atomic E-state index is -1.05. The molecule has 6 heteroatoms. The summed E-state index contributed by atoms with van der Waals surface area (Å²) in [6.45, 7) is 8.06. The maximum Gasteiger partial charge on any atom is 0.329 e. The Morgan fingerprint density at radius 2 is 2.00 bits per heavy atom. The van der Waals surface area contributed by atoms with Crippen LogP contribution >= 0.6 is 0 Å². The van der Waals surface area contributed by atoms with E-state index in [0.29, 0.717) is 31.3 Å². The fourth-order valence-electron chi connectivity index (χ4n) is 1.87. The maximum atomic E-state index is 11.5. The minimum absolute atomic E-state index is 0.294. The summed E-state index contributed by atoms with van der Waals surface area (Å²) in [5.74, 6) is -0.140. The van der Waals surface area contributed by atoms with E-state index >= 15 is 0 Å². The Morgan fingerprint density at radius 1 is 1.35 bits per heavy atom. The first-order chi connectivity index (χ1) is 9.47. The van der Waals surface area contributed by atoms with Crippen LogP contribution in [0.4, 0.5) is 5.95 Å². The zero-order chi connectivity index (χ0) is 15.2.